The van der Waals surface area contributed by atoms with Gasteiger partial charge in [-0.1, -0.05) is 29.8 Å². The Morgan fingerprint density at radius 1 is 1.37 bits per heavy atom. The highest BCUT2D eigenvalue weighted by molar-refractivity contribution is 9.10. The number of ether oxygens (including phenoxy) is 1. The van der Waals surface area contributed by atoms with Crippen molar-refractivity contribution in [1.29, 1.82) is 0 Å². The molecule has 0 unspecified atom stereocenters. The van der Waals surface area contributed by atoms with Crippen LogP contribution in [-0.4, -0.2) is 0 Å². The number of benzene rings is 2. The summed E-state index contributed by atoms with van der Waals surface area (Å²) in [4.78, 5) is 0. The van der Waals surface area contributed by atoms with Crippen LogP contribution in [0.2, 0.25) is 5.02 Å². The fraction of sp³-hybridized carbons (Fsp3) is 0.143. The lowest BCUT2D eigenvalue weighted by Crippen LogP contribution is -2.01. The predicted octanol–water partition coefficient (Wildman–Crippen LogP) is 4.80. The zero-order valence-corrected chi connectivity index (χ0v) is 12.6. The maximum absolute atomic E-state index is 13.5. The van der Waals surface area contributed by atoms with Crippen molar-refractivity contribution < 1.29 is 9.13 Å². The van der Waals surface area contributed by atoms with Gasteiger partial charge in [-0.25, -0.2) is 4.39 Å². The largest absolute Gasteiger partial charge is 0.455 e. The van der Waals surface area contributed by atoms with Crippen molar-refractivity contribution in [3.8, 4) is 11.5 Å². The van der Waals surface area contributed by atoms with E-state index in [-0.39, 0.29) is 5.02 Å². The van der Waals surface area contributed by atoms with E-state index in [0.29, 0.717) is 22.5 Å². The second-order valence-electron chi connectivity index (χ2n) is 4.07. The van der Waals surface area contributed by atoms with Crippen LogP contribution in [0, 0.1) is 12.7 Å². The Hall–Kier alpha value is -1.10. The second kappa shape index (κ2) is 5.90. The molecule has 2 rings (SSSR count). The van der Waals surface area contributed by atoms with Crippen LogP contribution in [0.3, 0.4) is 0 Å². The molecule has 0 aliphatic carbocycles. The lowest BCUT2D eigenvalue weighted by atomic mass is 10.1. The summed E-state index contributed by atoms with van der Waals surface area (Å²) in [6.07, 6.45) is 0. The number of halogens is 3. The molecule has 0 aliphatic rings. The summed E-state index contributed by atoms with van der Waals surface area (Å²) in [5.74, 6) is 0.487. The summed E-state index contributed by atoms with van der Waals surface area (Å²) in [7, 11) is 0. The van der Waals surface area contributed by atoms with Gasteiger partial charge in [-0.15, -0.1) is 0 Å². The van der Waals surface area contributed by atoms with E-state index in [9.17, 15) is 4.39 Å². The van der Waals surface area contributed by atoms with Crippen LogP contribution in [0.4, 0.5) is 4.39 Å². The smallest absolute Gasteiger partial charge is 0.145 e. The first-order valence-corrected chi connectivity index (χ1v) is 6.81. The highest BCUT2D eigenvalue weighted by Crippen LogP contribution is 2.36. The highest BCUT2D eigenvalue weighted by atomic mass is 79.9. The Kier molecular flexibility index (Phi) is 4.45. The molecule has 0 atom stereocenters. The molecule has 2 aromatic carbocycles. The van der Waals surface area contributed by atoms with Crippen molar-refractivity contribution in [3.05, 3.63) is 56.8 Å². The average molecular weight is 345 g/mol. The molecular weight excluding hydrogens is 333 g/mol. The molecule has 0 heterocycles. The predicted molar refractivity (Wildman–Crippen MR) is 78.3 cm³/mol. The minimum atomic E-state index is -0.525. The van der Waals surface area contributed by atoms with Crippen LogP contribution < -0.4 is 10.5 Å². The third-order valence-electron chi connectivity index (χ3n) is 2.70. The Morgan fingerprint density at radius 3 is 2.79 bits per heavy atom. The van der Waals surface area contributed by atoms with Gasteiger partial charge in [0.05, 0.1) is 9.50 Å². The van der Waals surface area contributed by atoms with E-state index in [0.717, 1.165) is 11.1 Å². The van der Waals surface area contributed by atoms with Crippen LogP contribution in [-0.2, 0) is 6.54 Å². The average Bonchev–Trinajstić information content (AvgIpc) is 2.38. The standard InChI is InChI=1S/C14H12BrClFNO/c1-8-3-2-4-9(7-18)14(8)19-13-6-12(17)11(16)5-10(13)15/h2-6H,7,18H2,1H3. The molecule has 100 valence electrons. The van der Waals surface area contributed by atoms with Crippen molar-refractivity contribution in [2.75, 3.05) is 0 Å². The first kappa shape index (κ1) is 14.3. The Labute approximate surface area is 124 Å². The zero-order chi connectivity index (χ0) is 14.0. The van der Waals surface area contributed by atoms with Crippen molar-refractivity contribution >= 4 is 27.5 Å². The molecule has 0 aliphatic heterocycles. The highest BCUT2D eigenvalue weighted by Gasteiger charge is 2.12. The monoisotopic (exact) mass is 343 g/mol. The minimum absolute atomic E-state index is 0.0445. The van der Waals surface area contributed by atoms with Crippen LogP contribution >= 0.6 is 27.5 Å². The molecule has 0 saturated heterocycles. The molecule has 5 heteroatoms. The molecule has 0 spiro atoms. The summed E-state index contributed by atoms with van der Waals surface area (Å²) in [6.45, 7) is 2.26. The first-order chi connectivity index (χ1) is 9.02. The zero-order valence-electron chi connectivity index (χ0n) is 10.2. The maximum atomic E-state index is 13.5. The van der Waals surface area contributed by atoms with Gasteiger partial charge in [0.15, 0.2) is 0 Å². The lowest BCUT2D eigenvalue weighted by molar-refractivity contribution is 0.464. The summed E-state index contributed by atoms with van der Waals surface area (Å²) in [5, 5.41) is 0.0445. The number of nitrogens with two attached hydrogens (primary N) is 1. The van der Waals surface area contributed by atoms with E-state index in [1.807, 2.05) is 25.1 Å². The number of aryl methyl sites for hydroxylation is 1. The van der Waals surface area contributed by atoms with Gasteiger partial charge in [-0.3, -0.25) is 0 Å². The number of hydrogen-bond acceptors (Lipinski definition) is 2. The molecule has 0 saturated carbocycles. The summed E-state index contributed by atoms with van der Waals surface area (Å²) >= 11 is 9.00. The second-order valence-corrected chi connectivity index (χ2v) is 5.33. The molecule has 0 fully saturated rings. The van der Waals surface area contributed by atoms with Gasteiger partial charge >= 0.3 is 0 Å². The first-order valence-electron chi connectivity index (χ1n) is 5.64. The fourth-order valence-corrected chi connectivity index (χ4v) is 2.43. The molecule has 2 aromatic rings. The van der Waals surface area contributed by atoms with Crippen molar-refractivity contribution in [2.24, 2.45) is 5.73 Å². The van der Waals surface area contributed by atoms with Gasteiger partial charge in [-0.2, -0.15) is 0 Å². The molecular formula is C14H12BrClFNO. The van der Waals surface area contributed by atoms with E-state index in [4.69, 9.17) is 22.1 Å². The molecule has 0 radical (unpaired) electrons. The van der Waals surface area contributed by atoms with Crippen LogP contribution in [0.1, 0.15) is 11.1 Å². The summed E-state index contributed by atoms with van der Waals surface area (Å²) in [6, 6.07) is 8.41. The van der Waals surface area contributed by atoms with E-state index >= 15 is 0 Å². The SMILES string of the molecule is Cc1cccc(CN)c1Oc1cc(F)c(Cl)cc1Br. The minimum Gasteiger partial charge on any atom is -0.455 e. The normalized spacial score (nSPS) is 10.6. The Morgan fingerprint density at radius 2 is 2.11 bits per heavy atom. The molecule has 0 bridgehead atoms. The molecule has 2 nitrogen and oxygen atoms in total. The van der Waals surface area contributed by atoms with Gasteiger partial charge in [0, 0.05) is 18.2 Å². The van der Waals surface area contributed by atoms with E-state index < -0.39 is 5.82 Å². The Bertz CT molecular complexity index is 619. The molecule has 2 N–H and O–H groups in total. The molecule has 0 aromatic heterocycles. The van der Waals surface area contributed by atoms with Crippen LogP contribution in [0.5, 0.6) is 11.5 Å². The van der Waals surface area contributed by atoms with Gasteiger partial charge in [0.1, 0.15) is 17.3 Å². The van der Waals surface area contributed by atoms with Crippen LogP contribution in [0.25, 0.3) is 0 Å². The van der Waals surface area contributed by atoms with Gasteiger partial charge in [0.25, 0.3) is 0 Å². The lowest BCUT2D eigenvalue weighted by Gasteiger charge is -2.14. The molecule has 0 amide bonds. The Balaban J connectivity index is 2.44. The number of para-hydroxylation sites is 1. The summed E-state index contributed by atoms with van der Waals surface area (Å²) in [5.41, 5.74) is 7.48. The number of hydrogen-bond donors (Lipinski definition) is 1. The quantitative estimate of drug-likeness (QED) is 0.812. The van der Waals surface area contributed by atoms with Crippen molar-refractivity contribution in [2.45, 2.75) is 13.5 Å². The summed E-state index contributed by atoms with van der Waals surface area (Å²) < 4.78 is 19.8. The topological polar surface area (TPSA) is 35.2 Å². The van der Waals surface area contributed by atoms with Crippen LogP contribution in [0.15, 0.2) is 34.8 Å². The molecule has 19 heavy (non-hydrogen) atoms. The maximum Gasteiger partial charge on any atom is 0.145 e. The van der Waals surface area contributed by atoms with E-state index in [1.165, 1.54) is 12.1 Å². The van der Waals surface area contributed by atoms with Gasteiger partial charge < -0.3 is 10.5 Å². The van der Waals surface area contributed by atoms with E-state index in [2.05, 4.69) is 15.9 Å². The van der Waals surface area contributed by atoms with Crippen molar-refractivity contribution in [3.63, 3.8) is 0 Å². The fourth-order valence-electron chi connectivity index (χ4n) is 1.71. The van der Waals surface area contributed by atoms with E-state index in [1.54, 1.807) is 0 Å². The van der Waals surface area contributed by atoms with Gasteiger partial charge in [-0.05, 0) is 34.5 Å². The third kappa shape index (κ3) is 3.08. The third-order valence-corrected chi connectivity index (χ3v) is 3.61. The van der Waals surface area contributed by atoms with Crippen molar-refractivity contribution in [1.82, 2.24) is 0 Å². The number of rotatable bonds is 3. The van der Waals surface area contributed by atoms with Gasteiger partial charge in [0.2, 0.25) is 0 Å².